The van der Waals surface area contributed by atoms with E-state index in [1.165, 1.54) is 22.5 Å². The molecular weight excluding hydrogens is 460 g/mol. The van der Waals surface area contributed by atoms with Crippen LogP contribution in [0.5, 0.6) is 0 Å². The molecule has 4 rings (SSSR count). The average molecular weight is 487 g/mol. The van der Waals surface area contributed by atoms with Crippen LogP contribution in [-0.4, -0.2) is 67.7 Å². The topological polar surface area (TPSA) is 84.7 Å². The second-order valence-corrected chi connectivity index (χ2v) is 10.8. The number of nitrogens with zero attached hydrogens (tertiary/aromatic N) is 4. The lowest BCUT2D eigenvalue weighted by Gasteiger charge is -2.23. The molecule has 2 aromatic rings. The molecule has 7 nitrogen and oxygen atoms in total. The van der Waals surface area contributed by atoms with Crippen molar-refractivity contribution in [3.8, 4) is 6.07 Å². The number of sulfonamides is 1. The fourth-order valence-electron chi connectivity index (χ4n) is 4.35. The molecule has 33 heavy (non-hydrogen) atoms. The van der Waals surface area contributed by atoms with Gasteiger partial charge in [0.1, 0.15) is 0 Å². The highest BCUT2D eigenvalue weighted by molar-refractivity contribution is 7.89. The van der Waals surface area contributed by atoms with Gasteiger partial charge in [-0.15, -0.1) is 0 Å². The van der Waals surface area contributed by atoms with Crippen LogP contribution in [0.1, 0.15) is 40.7 Å². The lowest BCUT2D eigenvalue weighted by Crippen LogP contribution is -2.35. The number of rotatable bonds is 5. The van der Waals surface area contributed by atoms with Crippen LogP contribution in [0, 0.1) is 11.3 Å². The van der Waals surface area contributed by atoms with E-state index >= 15 is 0 Å². The first kappa shape index (κ1) is 23.7. The summed E-state index contributed by atoms with van der Waals surface area (Å²) in [5.41, 5.74) is 1.99. The smallest absolute Gasteiger partial charge is 0.255 e. The van der Waals surface area contributed by atoms with Gasteiger partial charge in [0.15, 0.2) is 0 Å². The highest BCUT2D eigenvalue weighted by atomic mass is 35.5. The van der Waals surface area contributed by atoms with Crippen molar-refractivity contribution in [2.45, 2.75) is 30.7 Å². The third kappa shape index (κ3) is 5.39. The van der Waals surface area contributed by atoms with Crippen LogP contribution >= 0.6 is 11.6 Å². The molecule has 9 heteroatoms. The highest BCUT2D eigenvalue weighted by Gasteiger charge is 2.29. The van der Waals surface area contributed by atoms with Crippen molar-refractivity contribution >= 4 is 27.5 Å². The number of benzene rings is 2. The van der Waals surface area contributed by atoms with Crippen LogP contribution < -0.4 is 0 Å². The monoisotopic (exact) mass is 486 g/mol. The van der Waals surface area contributed by atoms with Gasteiger partial charge in [-0.1, -0.05) is 23.7 Å². The van der Waals surface area contributed by atoms with E-state index in [0.717, 1.165) is 37.9 Å². The fourth-order valence-corrected chi connectivity index (χ4v) is 6.09. The van der Waals surface area contributed by atoms with Crippen LogP contribution in [0.2, 0.25) is 5.02 Å². The Balaban J connectivity index is 1.45. The zero-order valence-corrected chi connectivity index (χ0v) is 20.0. The van der Waals surface area contributed by atoms with Gasteiger partial charge in [-0.25, -0.2) is 8.42 Å². The Hall–Kier alpha value is -2.44. The van der Waals surface area contributed by atoms with Crippen LogP contribution in [-0.2, 0) is 16.6 Å². The summed E-state index contributed by atoms with van der Waals surface area (Å²) in [7, 11) is -3.62. The molecular formula is C24H27ClN4O3S. The first-order valence-corrected chi connectivity index (χ1v) is 13.0. The Morgan fingerprint density at radius 1 is 0.939 bits per heavy atom. The second kappa shape index (κ2) is 10.2. The minimum atomic E-state index is -3.62. The number of hydrogen-bond acceptors (Lipinski definition) is 5. The predicted octanol–water partition coefficient (Wildman–Crippen LogP) is 3.34. The maximum Gasteiger partial charge on any atom is 0.255 e. The van der Waals surface area contributed by atoms with Crippen LogP contribution in [0.4, 0.5) is 0 Å². The highest BCUT2D eigenvalue weighted by Crippen LogP contribution is 2.26. The Morgan fingerprint density at radius 2 is 1.67 bits per heavy atom. The Bertz CT molecular complexity index is 1160. The molecule has 1 amide bonds. The zero-order valence-electron chi connectivity index (χ0n) is 18.4. The van der Waals surface area contributed by atoms with Crippen LogP contribution in [0.3, 0.4) is 0 Å². The molecule has 2 fully saturated rings. The summed E-state index contributed by atoms with van der Waals surface area (Å²) in [6.07, 6.45) is 2.52. The third-order valence-corrected chi connectivity index (χ3v) is 8.46. The summed E-state index contributed by atoms with van der Waals surface area (Å²) in [6.45, 7) is 4.44. The quantitative estimate of drug-likeness (QED) is 0.647. The molecule has 2 aromatic carbocycles. The molecule has 0 unspecified atom stereocenters. The first-order chi connectivity index (χ1) is 15.9. The molecule has 0 atom stereocenters. The molecule has 2 saturated heterocycles. The number of nitriles is 1. The first-order valence-electron chi connectivity index (χ1n) is 11.2. The number of hydrogen-bond donors (Lipinski definition) is 0. The third-order valence-electron chi connectivity index (χ3n) is 6.24. The average Bonchev–Trinajstić information content (AvgIpc) is 3.28. The van der Waals surface area contributed by atoms with Crippen molar-refractivity contribution in [1.29, 1.82) is 5.26 Å². The number of amides is 1. The van der Waals surface area contributed by atoms with Crippen molar-refractivity contribution in [2.75, 3.05) is 39.3 Å². The number of carbonyl (C=O) groups is 1. The normalized spacial score (nSPS) is 18.1. The molecule has 174 valence electrons. The largest absolute Gasteiger partial charge is 0.337 e. The van der Waals surface area contributed by atoms with Gasteiger partial charge in [0, 0.05) is 45.8 Å². The molecule has 0 aromatic heterocycles. The van der Waals surface area contributed by atoms with Gasteiger partial charge in [0.05, 0.1) is 27.1 Å². The van der Waals surface area contributed by atoms with Gasteiger partial charge < -0.3 is 4.90 Å². The molecule has 0 bridgehead atoms. The van der Waals surface area contributed by atoms with Crippen LogP contribution in [0.25, 0.3) is 0 Å². The Labute approximate surface area is 200 Å². The molecule has 2 heterocycles. The van der Waals surface area contributed by atoms with Gasteiger partial charge in [-0.3, -0.25) is 9.69 Å². The lowest BCUT2D eigenvalue weighted by atomic mass is 10.1. The van der Waals surface area contributed by atoms with Gasteiger partial charge in [-0.05, 0) is 55.2 Å². The van der Waals surface area contributed by atoms with E-state index in [9.17, 15) is 13.2 Å². The van der Waals surface area contributed by atoms with Gasteiger partial charge in [-0.2, -0.15) is 9.57 Å². The summed E-state index contributed by atoms with van der Waals surface area (Å²) in [5, 5.41) is 9.22. The van der Waals surface area contributed by atoms with Crippen molar-refractivity contribution in [3.63, 3.8) is 0 Å². The molecule has 2 aliphatic heterocycles. The zero-order chi connectivity index (χ0) is 23.4. The van der Waals surface area contributed by atoms with Gasteiger partial charge >= 0.3 is 0 Å². The molecule has 0 saturated carbocycles. The molecule has 2 aliphatic rings. The van der Waals surface area contributed by atoms with E-state index in [1.54, 1.807) is 4.90 Å². The van der Waals surface area contributed by atoms with Crippen molar-refractivity contribution in [2.24, 2.45) is 0 Å². The van der Waals surface area contributed by atoms with Crippen molar-refractivity contribution < 1.29 is 13.2 Å². The predicted molar refractivity (Wildman–Crippen MR) is 126 cm³/mol. The van der Waals surface area contributed by atoms with Gasteiger partial charge in [0.25, 0.3) is 5.91 Å². The Kier molecular flexibility index (Phi) is 7.35. The van der Waals surface area contributed by atoms with Gasteiger partial charge in [0.2, 0.25) is 10.0 Å². The van der Waals surface area contributed by atoms with E-state index in [2.05, 4.69) is 11.0 Å². The number of carbonyl (C=O) groups excluding carboxylic acids is 1. The standard InChI is InChI=1S/C24H27ClN4O3S/c25-23-9-8-21(33(31,32)29-12-1-2-13-29)16-22(23)24(30)28-11-3-10-27(14-15-28)18-20-6-4-19(17-26)5-7-20/h4-9,16H,1-3,10-15,18H2. The minimum absolute atomic E-state index is 0.120. The second-order valence-electron chi connectivity index (χ2n) is 8.48. The summed E-state index contributed by atoms with van der Waals surface area (Å²) >= 11 is 6.33. The van der Waals surface area contributed by atoms with Crippen LogP contribution in [0.15, 0.2) is 47.4 Å². The molecule has 0 radical (unpaired) electrons. The van der Waals surface area contributed by atoms with Crippen molar-refractivity contribution in [3.05, 3.63) is 64.2 Å². The maximum absolute atomic E-state index is 13.3. The van der Waals surface area contributed by atoms with E-state index in [-0.39, 0.29) is 21.4 Å². The lowest BCUT2D eigenvalue weighted by molar-refractivity contribution is 0.0761. The minimum Gasteiger partial charge on any atom is -0.337 e. The SMILES string of the molecule is N#Cc1ccc(CN2CCCN(C(=O)c3cc(S(=O)(=O)N4CCCC4)ccc3Cl)CC2)cc1. The summed E-state index contributed by atoms with van der Waals surface area (Å²) < 4.78 is 27.4. The fraction of sp³-hybridized carbons (Fsp3) is 0.417. The summed E-state index contributed by atoms with van der Waals surface area (Å²) in [5.74, 6) is -0.237. The maximum atomic E-state index is 13.3. The van der Waals surface area contributed by atoms with E-state index < -0.39 is 10.0 Å². The number of halogens is 1. The van der Waals surface area contributed by atoms with E-state index in [1.807, 2.05) is 24.3 Å². The molecule has 0 aliphatic carbocycles. The van der Waals surface area contributed by atoms with E-state index in [0.29, 0.717) is 38.3 Å². The summed E-state index contributed by atoms with van der Waals surface area (Å²) in [4.78, 5) is 17.5. The Morgan fingerprint density at radius 3 is 2.36 bits per heavy atom. The summed E-state index contributed by atoms with van der Waals surface area (Å²) in [6, 6.07) is 14.1. The molecule has 0 spiro atoms. The molecule has 0 N–H and O–H groups in total. The van der Waals surface area contributed by atoms with E-state index in [4.69, 9.17) is 16.9 Å². The van der Waals surface area contributed by atoms with Crippen molar-refractivity contribution in [1.82, 2.24) is 14.1 Å².